The smallest absolute Gasteiger partial charge is 0.337 e. The number of aromatic carboxylic acids is 1. The first-order chi connectivity index (χ1) is 23.2. The Morgan fingerprint density at radius 2 is 1.38 bits per heavy atom. The number of benzene rings is 5. The van der Waals surface area contributed by atoms with E-state index in [4.69, 9.17) is 23.2 Å². The number of halogens is 2. The summed E-state index contributed by atoms with van der Waals surface area (Å²) in [5.74, 6) is -2.63. The van der Waals surface area contributed by atoms with Gasteiger partial charge >= 0.3 is 5.97 Å². The maximum absolute atomic E-state index is 13.6. The van der Waals surface area contributed by atoms with Crippen molar-refractivity contribution in [2.24, 2.45) is 0 Å². The second-order valence-electron chi connectivity index (χ2n) is 10.3. The Labute approximate surface area is 290 Å². The minimum Gasteiger partial charge on any atom is -0.478 e. The van der Waals surface area contributed by atoms with Crippen LogP contribution in [0.25, 0.3) is 6.08 Å². The maximum atomic E-state index is 13.6. The molecule has 4 N–H and O–H groups in total. The van der Waals surface area contributed by atoms with Crippen molar-refractivity contribution in [1.29, 1.82) is 0 Å². The van der Waals surface area contributed by atoms with Crippen LogP contribution in [-0.2, 0) is 9.59 Å². The zero-order valence-corrected chi connectivity index (χ0v) is 27.4. The molecular formula is C37H27Cl2N3O5S. The quantitative estimate of drug-likeness (QED) is 0.0811. The van der Waals surface area contributed by atoms with Gasteiger partial charge in [0.1, 0.15) is 10.9 Å². The topological polar surface area (TPSA) is 125 Å². The fourth-order valence-electron chi connectivity index (χ4n) is 4.53. The zero-order valence-electron chi connectivity index (χ0n) is 25.0. The molecule has 0 bridgehead atoms. The van der Waals surface area contributed by atoms with Crippen molar-refractivity contribution in [2.75, 3.05) is 10.6 Å². The van der Waals surface area contributed by atoms with Gasteiger partial charge in [0.2, 0.25) is 5.91 Å². The van der Waals surface area contributed by atoms with Crippen LogP contribution in [-0.4, -0.2) is 28.8 Å². The van der Waals surface area contributed by atoms with E-state index in [9.17, 15) is 24.3 Å². The maximum Gasteiger partial charge on any atom is 0.337 e. The second kappa shape index (κ2) is 16.0. The van der Waals surface area contributed by atoms with E-state index >= 15 is 0 Å². The molecule has 0 aromatic heterocycles. The second-order valence-corrected chi connectivity index (χ2v) is 12.3. The fourth-order valence-corrected chi connectivity index (χ4v) is 5.93. The highest BCUT2D eigenvalue weighted by Gasteiger charge is 2.23. The first kappa shape index (κ1) is 34.0. The van der Waals surface area contributed by atoms with Crippen LogP contribution in [0.1, 0.15) is 37.1 Å². The van der Waals surface area contributed by atoms with Gasteiger partial charge < -0.3 is 21.1 Å². The molecule has 0 aliphatic heterocycles. The average Bonchev–Trinajstić information content (AvgIpc) is 3.09. The van der Waals surface area contributed by atoms with Gasteiger partial charge in [-0.2, -0.15) is 0 Å². The molecule has 0 heterocycles. The summed E-state index contributed by atoms with van der Waals surface area (Å²) >= 11 is 13.3. The Balaban J connectivity index is 1.38. The Hall–Kier alpha value is -5.35. The first-order valence-electron chi connectivity index (χ1n) is 14.5. The highest BCUT2D eigenvalue weighted by atomic mass is 35.5. The van der Waals surface area contributed by atoms with E-state index in [0.29, 0.717) is 32.3 Å². The summed E-state index contributed by atoms with van der Waals surface area (Å²) in [7, 11) is 0. The van der Waals surface area contributed by atoms with Crippen LogP contribution in [0.2, 0.25) is 10.0 Å². The van der Waals surface area contributed by atoms with Gasteiger partial charge in [-0.25, -0.2) is 4.79 Å². The number of carbonyl (C=O) groups excluding carboxylic acids is 3. The van der Waals surface area contributed by atoms with E-state index in [1.54, 1.807) is 84.9 Å². The molecule has 1 unspecified atom stereocenters. The van der Waals surface area contributed by atoms with Crippen LogP contribution >= 0.6 is 35.0 Å². The SMILES string of the molecule is O=C(Nc1cccc(SC(C(=O)Nc2ccc(Cl)c(C(=O)O)c2)c2ccccc2)c1)/C(=C/c1ccc(Cl)cc1)NC(=O)c1ccccc1. The molecule has 0 radical (unpaired) electrons. The van der Waals surface area contributed by atoms with Crippen molar-refractivity contribution in [3.8, 4) is 0 Å². The van der Waals surface area contributed by atoms with Crippen LogP contribution in [0.5, 0.6) is 0 Å². The van der Waals surface area contributed by atoms with Crippen LogP contribution in [0.4, 0.5) is 11.4 Å². The van der Waals surface area contributed by atoms with Gasteiger partial charge in [-0.15, -0.1) is 11.8 Å². The van der Waals surface area contributed by atoms with Crippen LogP contribution in [0.3, 0.4) is 0 Å². The molecule has 8 nitrogen and oxygen atoms in total. The fraction of sp³-hybridized carbons (Fsp3) is 0.0270. The van der Waals surface area contributed by atoms with E-state index in [1.807, 2.05) is 30.3 Å². The predicted molar refractivity (Wildman–Crippen MR) is 190 cm³/mol. The molecular weight excluding hydrogens is 669 g/mol. The van der Waals surface area contributed by atoms with Crippen molar-refractivity contribution < 1.29 is 24.3 Å². The minimum absolute atomic E-state index is 0.00876. The highest BCUT2D eigenvalue weighted by Crippen LogP contribution is 2.37. The summed E-state index contributed by atoms with van der Waals surface area (Å²) in [5, 5.41) is 17.6. The monoisotopic (exact) mass is 695 g/mol. The number of hydrogen-bond acceptors (Lipinski definition) is 5. The molecule has 0 saturated carbocycles. The molecule has 11 heteroatoms. The number of hydrogen-bond donors (Lipinski definition) is 4. The van der Waals surface area contributed by atoms with Gasteiger partial charge in [0, 0.05) is 26.9 Å². The van der Waals surface area contributed by atoms with Crippen LogP contribution in [0, 0.1) is 0 Å². The van der Waals surface area contributed by atoms with Gasteiger partial charge in [-0.05, 0) is 77.9 Å². The molecule has 0 aliphatic carbocycles. The molecule has 5 aromatic rings. The standard InChI is InChI=1S/C37H27Cl2N3O5S/c38-26-16-14-23(15-17-26)20-32(42-34(43)25-10-5-2-6-11-25)35(44)40-27-12-7-13-29(21-27)48-33(24-8-3-1-4-9-24)36(45)41-28-18-19-31(39)30(22-28)37(46)47/h1-22,33H,(H,40,44)(H,41,45)(H,42,43)(H,46,47)/b32-20-. The highest BCUT2D eigenvalue weighted by molar-refractivity contribution is 8.00. The molecule has 240 valence electrons. The normalized spacial score (nSPS) is 11.7. The predicted octanol–water partition coefficient (Wildman–Crippen LogP) is 8.57. The lowest BCUT2D eigenvalue weighted by Gasteiger charge is -2.18. The van der Waals surface area contributed by atoms with E-state index in [2.05, 4.69) is 16.0 Å². The summed E-state index contributed by atoms with van der Waals surface area (Å²) in [6.07, 6.45) is 1.55. The third-order valence-electron chi connectivity index (χ3n) is 6.86. The Bertz CT molecular complexity index is 1990. The Kier molecular flexibility index (Phi) is 11.3. The van der Waals surface area contributed by atoms with Crippen molar-refractivity contribution in [2.45, 2.75) is 10.1 Å². The van der Waals surface area contributed by atoms with E-state index in [-0.39, 0.29) is 22.0 Å². The number of carboxylic acids is 1. The molecule has 0 spiro atoms. The molecule has 5 rings (SSSR count). The molecule has 5 aromatic carbocycles. The summed E-state index contributed by atoms with van der Waals surface area (Å²) < 4.78 is 0. The molecule has 1 atom stereocenters. The summed E-state index contributed by atoms with van der Waals surface area (Å²) in [6.45, 7) is 0. The molecule has 3 amide bonds. The number of rotatable bonds is 11. The average molecular weight is 697 g/mol. The van der Waals surface area contributed by atoms with E-state index in [0.717, 1.165) is 0 Å². The number of anilines is 2. The third kappa shape index (κ3) is 9.13. The largest absolute Gasteiger partial charge is 0.478 e. The van der Waals surface area contributed by atoms with Crippen molar-refractivity contribution >= 4 is 76.1 Å². The third-order valence-corrected chi connectivity index (χ3v) is 8.69. The summed E-state index contributed by atoms with van der Waals surface area (Å²) in [4.78, 5) is 52.4. The first-order valence-corrected chi connectivity index (χ1v) is 16.1. The zero-order chi connectivity index (χ0) is 34.0. The lowest BCUT2D eigenvalue weighted by Crippen LogP contribution is -2.30. The molecule has 0 aliphatic rings. The van der Waals surface area contributed by atoms with Crippen LogP contribution < -0.4 is 16.0 Å². The number of amides is 3. The van der Waals surface area contributed by atoms with Gasteiger partial charge in [-0.1, -0.05) is 89.9 Å². The van der Waals surface area contributed by atoms with Crippen molar-refractivity contribution in [3.05, 3.63) is 165 Å². The Morgan fingerprint density at radius 1 is 0.708 bits per heavy atom. The lowest BCUT2D eigenvalue weighted by molar-refractivity contribution is -0.116. The van der Waals surface area contributed by atoms with Gasteiger partial charge in [-0.3, -0.25) is 14.4 Å². The van der Waals surface area contributed by atoms with Crippen molar-refractivity contribution in [1.82, 2.24) is 5.32 Å². The van der Waals surface area contributed by atoms with Gasteiger partial charge in [0.15, 0.2) is 0 Å². The summed E-state index contributed by atoms with van der Waals surface area (Å²) in [6, 6.07) is 35.6. The minimum atomic E-state index is -1.21. The van der Waals surface area contributed by atoms with Gasteiger partial charge in [0.05, 0.1) is 10.6 Å². The molecule has 0 saturated heterocycles. The number of carbonyl (C=O) groups is 4. The summed E-state index contributed by atoms with van der Waals surface area (Å²) in [5.41, 5.74) is 2.32. The molecule has 0 fully saturated rings. The molecule has 48 heavy (non-hydrogen) atoms. The lowest BCUT2D eigenvalue weighted by atomic mass is 10.1. The van der Waals surface area contributed by atoms with Crippen molar-refractivity contribution in [3.63, 3.8) is 0 Å². The number of thioether (sulfide) groups is 1. The Morgan fingerprint density at radius 3 is 2.06 bits per heavy atom. The van der Waals surface area contributed by atoms with Crippen LogP contribution in [0.15, 0.2) is 138 Å². The van der Waals surface area contributed by atoms with Gasteiger partial charge in [0.25, 0.3) is 11.8 Å². The van der Waals surface area contributed by atoms with E-state index in [1.165, 1.54) is 30.0 Å². The number of carboxylic acid groups (broad SMARTS) is 1. The van der Waals surface area contributed by atoms with E-state index < -0.39 is 28.9 Å². The number of nitrogens with one attached hydrogen (secondary N) is 3.